The molecular formula is C12H25N7O. The van der Waals surface area contributed by atoms with Crippen LogP contribution in [0.3, 0.4) is 0 Å². The van der Waals surface area contributed by atoms with Crippen molar-refractivity contribution in [3.05, 3.63) is 0 Å². The number of hydrazine groups is 1. The average molecular weight is 283 g/mol. The van der Waals surface area contributed by atoms with Gasteiger partial charge in [-0.1, -0.05) is 26.7 Å². The molecular weight excluding hydrogens is 258 g/mol. The smallest absolute Gasteiger partial charge is 0.243 e. The molecule has 8 heteroatoms. The van der Waals surface area contributed by atoms with Crippen LogP contribution in [0.15, 0.2) is 0 Å². The van der Waals surface area contributed by atoms with E-state index >= 15 is 0 Å². The fraction of sp³-hybridized carbons (Fsp3) is 0.750. The van der Waals surface area contributed by atoms with Gasteiger partial charge in [0.15, 0.2) is 0 Å². The highest BCUT2D eigenvalue weighted by molar-refractivity contribution is 5.42. The van der Waals surface area contributed by atoms with Crippen LogP contribution >= 0.6 is 0 Å². The second-order valence-electron chi connectivity index (χ2n) is 4.85. The van der Waals surface area contributed by atoms with Crippen molar-refractivity contribution in [1.82, 2.24) is 15.0 Å². The first-order chi connectivity index (χ1) is 9.51. The van der Waals surface area contributed by atoms with Crippen molar-refractivity contribution < 1.29 is 5.11 Å². The second-order valence-corrected chi connectivity index (χ2v) is 4.85. The summed E-state index contributed by atoms with van der Waals surface area (Å²) in [5, 5.41) is 13.1. The lowest BCUT2D eigenvalue weighted by atomic mass is 9.97. The Labute approximate surface area is 119 Å². The van der Waals surface area contributed by atoms with Gasteiger partial charge in [0.25, 0.3) is 0 Å². The maximum Gasteiger partial charge on any atom is 0.243 e. The van der Waals surface area contributed by atoms with E-state index < -0.39 is 6.10 Å². The molecule has 5 N–H and O–H groups in total. The molecule has 0 fully saturated rings. The van der Waals surface area contributed by atoms with E-state index in [1.807, 2.05) is 14.1 Å². The molecule has 20 heavy (non-hydrogen) atoms. The predicted octanol–water partition coefficient (Wildman–Crippen LogP) is 0.432. The fourth-order valence-corrected chi connectivity index (χ4v) is 1.90. The first-order valence-corrected chi connectivity index (χ1v) is 6.83. The lowest BCUT2D eigenvalue weighted by Gasteiger charge is -2.20. The zero-order valence-corrected chi connectivity index (χ0v) is 12.6. The topological polar surface area (TPSA) is 112 Å². The monoisotopic (exact) mass is 283 g/mol. The molecule has 1 unspecified atom stereocenters. The number of aliphatic hydroxyl groups is 1. The molecule has 0 saturated heterocycles. The van der Waals surface area contributed by atoms with Crippen molar-refractivity contribution in [2.75, 3.05) is 36.3 Å². The van der Waals surface area contributed by atoms with Crippen molar-refractivity contribution in [2.24, 2.45) is 11.8 Å². The van der Waals surface area contributed by atoms with E-state index in [4.69, 9.17) is 5.84 Å². The number of aromatic nitrogens is 3. The summed E-state index contributed by atoms with van der Waals surface area (Å²) in [4.78, 5) is 14.2. The van der Waals surface area contributed by atoms with Crippen molar-refractivity contribution in [1.29, 1.82) is 0 Å². The quantitative estimate of drug-likeness (QED) is 0.401. The van der Waals surface area contributed by atoms with Crippen molar-refractivity contribution >= 4 is 17.8 Å². The van der Waals surface area contributed by atoms with Crippen LogP contribution in [-0.2, 0) is 0 Å². The summed E-state index contributed by atoms with van der Waals surface area (Å²) in [7, 11) is 3.66. The highest BCUT2D eigenvalue weighted by Crippen LogP contribution is 2.15. The van der Waals surface area contributed by atoms with Gasteiger partial charge in [0.05, 0.1) is 6.10 Å². The molecule has 0 bridgehead atoms. The molecule has 8 nitrogen and oxygen atoms in total. The Balaban J connectivity index is 2.74. The van der Waals surface area contributed by atoms with Gasteiger partial charge in [0, 0.05) is 20.6 Å². The number of rotatable bonds is 8. The molecule has 1 rings (SSSR count). The molecule has 0 saturated carbocycles. The summed E-state index contributed by atoms with van der Waals surface area (Å²) in [6, 6.07) is 0. The van der Waals surface area contributed by atoms with E-state index in [0.717, 1.165) is 12.8 Å². The van der Waals surface area contributed by atoms with E-state index in [1.54, 1.807) is 4.90 Å². The number of hydrogen-bond donors (Lipinski definition) is 4. The summed E-state index contributed by atoms with van der Waals surface area (Å²) in [5.74, 6) is 6.77. The molecule has 0 spiro atoms. The number of hydrogen-bond acceptors (Lipinski definition) is 8. The zero-order valence-electron chi connectivity index (χ0n) is 12.6. The highest BCUT2D eigenvalue weighted by atomic mass is 16.3. The molecule has 1 aromatic heterocycles. The van der Waals surface area contributed by atoms with Gasteiger partial charge in [0.2, 0.25) is 17.8 Å². The number of nitrogens with two attached hydrogens (primary N) is 1. The molecule has 1 aromatic rings. The van der Waals surface area contributed by atoms with Gasteiger partial charge in [-0.25, -0.2) is 5.84 Å². The number of nitrogens with zero attached hydrogens (tertiary/aromatic N) is 4. The van der Waals surface area contributed by atoms with Crippen LogP contribution in [0.5, 0.6) is 0 Å². The maximum atomic E-state index is 10.1. The summed E-state index contributed by atoms with van der Waals surface area (Å²) in [5.41, 5.74) is 2.40. The summed E-state index contributed by atoms with van der Waals surface area (Å²) >= 11 is 0. The Hall–Kier alpha value is -1.67. The summed E-state index contributed by atoms with van der Waals surface area (Å²) < 4.78 is 0. The molecule has 0 amide bonds. The van der Waals surface area contributed by atoms with Crippen molar-refractivity contribution in [3.63, 3.8) is 0 Å². The molecule has 0 aliphatic heterocycles. The van der Waals surface area contributed by atoms with Gasteiger partial charge in [0.1, 0.15) is 0 Å². The molecule has 0 radical (unpaired) electrons. The number of nitrogens with one attached hydrogen (secondary N) is 2. The zero-order chi connectivity index (χ0) is 15.1. The Kier molecular flexibility index (Phi) is 6.40. The molecule has 0 aliphatic rings. The van der Waals surface area contributed by atoms with Crippen molar-refractivity contribution in [3.8, 4) is 0 Å². The van der Waals surface area contributed by atoms with Crippen molar-refractivity contribution in [2.45, 2.75) is 32.8 Å². The van der Waals surface area contributed by atoms with Crippen LogP contribution in [0.1, 0.15) is 26.7 Å². The number of aliphatic hydroxyl groups excluding tert-OH is 1. The Morgan fingerprint density at radius 2 is 1.75 bits per heavy atom. The van der Waals surface area contributed by atoms with Crippen LogP contribution in [-0.4, -0.2) is 46.8 Å². The minimum atomic E-state index is -0.432. The van der Waals surface area contributed by atoms with Crippen LogP contribution in [0.2, 0.25) is 0 Å². The van der Waals surface area contributed by atoms with Gasteiger partial charge in [-0.2, -0.15) is 15.0 Å². The van der Waals surface area contributed by atoms with Gasteiger partial charge >= 0.3 is 0 Å². The molecule has 0 aliphatic carbocycles. The van der Waals surface area contributed by atoms with E-state index in [2.05, 4.69) is 39.5 Å². The minimum Gasteiger partial charge on any atom is -0.391 e. The number of anilines is 3. The highest BCUT2D eigenvalue weighted by Gasteiger charge is 2.16. The molecule has 1 atom stereocenters. The Morgan fingerprint density at radius 3 is 2.25 bits per heavy atom. The van der Waals surface area contributed by atoms with Crippen LogP contribution in [0, 0.1) is 5.92 Å². The fourth-order valence-electron chi connectivity index (χ4n) is 1.90. The lowest BCUT2D eigenvalue weighted by molar-refractivity contribution is 0.114. The lowest BCUT2D eigenvalue weighted by Crippen LogP contribution is -2.28. The van der Waals surface area contributed by atoms with E-state index in [0.29, 0.717) is 18.4 Å². The first kappa shape index (κ1) is 16.4. The summed E-state index contributed by atoms with van der Waals surface area (Å²) in [6.07, 6.45) is 1.45. The Morgan fingerprint density at radius 1 is 1.15 bits per heavy atom. The Bertz CT molecular complexity index is 409. The molecule has 114 valence electrons. The van der Waals surface area contributed by atoms with Gasteiger partial charge in [-0.05, 0) is 5.92 Å². The molecule has 0 aromatic carbocycles. The third kappa shape index (κ3) is 4.46. The third-order valence-electron chi connectivity index (χ3n) is 3.21. The van der Waals surface area contributed by atoms with E-state index in [9.17, 15) is 5.11 Å². The summed E-state index contributed by atoms with van der Waals surface area (Å²) in [6.45, 7) is 4.54. The van der Waals surface area contributed by atoms with Crippen LogP contribution < -0.4 is 21.5 Å². The normalized spacial score (nSPS) is 12.3. The van der Waals surface area contributed by atoms with Crippen LogP contribution in [0.4, 0.5) is 17.8 Å². The van der Waals surface area contributed by atoms with E-state index in [1.165, 1.54) is 0 Å². The average Bonchev–Trinajstić information content (AvgIpc) is 2.45. The third-order valence-corrected chi connectivity index (χ3v) is 3.21. The largest absolute Gasteiger partial charge is 0.391 e. The SMILES string of the molecule is CCC(CC)C(O)CNc1nc(NN)nc(N(C)C)n1. The first-order valence-electron chi connectivity index (χ1n) is 6.83. The van der Waals surface area contributed by atoms with Gasteiger partial charge < -0.3 is 15.3 Å². The minimum absolute atomic E-state index is 0.268. The molecule has 1 heterocycles. The second kappa shape index (κ2) is 7.81. The standard InChI is InChI=1S/C12H25N7O/c1-5-8(6-2)9(20)7-14-10-15-11(18-13)17-12(16-10)19(3)4/h8-9,20H,5-7,13H2,1-4H3,(H2,14,15,16,17,18). The van der Waals surface area contributed by atoms with Crippen LogP contribution in [0.25, 0.3) is 0 Å². The van der Waals surface area contributed by atoms with Gasteiger partial charge in [-0.15, -0.1) is 0 Å². The maximum absolute atomic E-state index is 10.1. The van der Waals surface area contributed by atoms with Gasteiger partial charge in [-0.3, -0.25) is 5.43 Å². The predicted molar refractivity (Wildman–Crippen MR) is 80.5 cm³/mol. The van der Waals surface area contributed by atoms with E-state index in [-0.39, 0.29) is 11.9 Å². The number of nitrogen functional groups attached to an aromatic ring is 1.